The van der Waals surface area contributed by atoms with Gasteiger partial charge >= 0.3 is 0 Å². The number of hydrogen-bond donors (Lipinski definition) is 1. The third kappa shape index (κ3) is 3.93. The Labute approximate surface area is 112 Å². The molecule has 2 atom stereocenters. The summed E-state index contributed by atoms with van der Waals surface area (Å²) < 4.78 is 23.5. The van der Waals surface area contributed by atoms with E-state index >= 15 is 0 Å². The Hall–Kier alpha value is -0.130. The number of nitrogens with two attached hydrogens (primary N) is 1. The quantitative estimate of drug-likeness (QED) is 0.839. The first-order chi connectivity index (χ1) is 8.17. The van der Waals surface area contributed by atoms with Crippen LogP contribution >= 0.6 is 0 Å². The Morgan fingerprint density at radius 3 is 2.39 bits per heavy atom. The van der Waals surface area contributed by atoms with Crippen molar-refractivity contribution in [2.24, 2.45) is 11.7 Å². The molecule has 1 aliphatic heterocycles. The van der Waals surface area contributed by atoms with Gasteiger partial charge in [0.05, 0.1) is 10.5 Å². The lowest BCUT2D eigenvalue weighted by Gasteiger charge is -2.38. The fourth-order valence-corrected chi connectivity index (χ4v) is 3.40. The van der Waals surface area contributed by atoms with E-state index in [1.807, 2.05) is 0 Å². The predicted octanol–water partition coefficient (Wildman–Crippen LogP) is 1.26. The molecule has 0 spiro atoms. The molecule has 1 rings (SSSR count). The molecule has 1 fully saturated rings. The molecular formula is C13H28N2O2S. The van der Waals surface area contributed by atoms with Crippen molar-refractivity contribution in [1.82, 2.24) is 4.90 Å². The zero-order chi connectivity index (χ0) is 14.0. The first kappa shape index (κ1) is 15.9. The summed E-state index contributed by atoms with van der Waals surface area (Å²) in [6, 6.07) is 0.475. The summed E-state index contributed by atoms with van der Waals surface area (Å²) in [7, 11) is -3.02. The number of likely N-dealkylation sites (tertiary alicyclic amines) is 1. The van der Waals surface area contributed by atoms with Gasteiger partial charge in [0.15, 0.2) is 9.84 Å². The minimum atomic E-state index is -3.02. The lowest BCUT2D eigenvalue weighted by molar-refractivity contribution is 0.128. The lowest BCUT2D eigenvalue weighted by Crippen LogP contribution is -2.46. The topological polar surface area (TPSA) is 63.4 Å². The SMILES string of the molecule is CC1CCC(CN)CN1CCS(=O)(=O)C(C)(C)C. The van der Waals surface area contributed by atoms with E-state index in [0.717, 1.165) is 13.0 Å². The summed E-state index contributed by atoms with van der Waals surface area (Å²) in [6.45, 7) is 9.76. The van der Waals surface area contributed by atoms with E-state index in [-0.39, 0.29) is 5.75 Å². The van der Waals surface area contributed by atoms with Gasteiger partial charge in [-0.05, 0) is 53.0 Å². The van der Waals surface area contributed by atoms with Crippen LogP contribution in [0, 0.1) is 5.92 Å². The Morgan fingerprint density at radius 1 is 1.28 bits per heavy atom. The number of rotatable bonds is 4. The van der Waals surface area contributed by atoms with Gasteiger partial charge in [-0.25, -0.2) is 8.42 Å². The third-order valence-corrected chi connectivity index (χ3v) is 6.61. The van der Waals surface area contributed by atoms with E-state index in [1.165, 1.54) is 6.42 Å². The van der Waals surface area contributed by atoms with Gasteiger partial charge < -0.3 is 5.73 Å². The zero-order valence-corrected chi connectivity index (χ0v) is 13.0. The summed E-state index contributed by atoms with van der Waals surface area (Å²) >= 11 is 0. The van der Waals surface area contributed by atoms with Crippen LogP contribution in [0.15, 0.2) is 0 Å². The molecular weight excluding hydrogens is 248 g/mol. The van der Waals surface area contributed by atoms with Gasteiger partial charge in [0, 0.05) is 19.1 Å². The molecule has 0 amide bonds. The van der Waals surface area contributed by atoms with E-state index in [4.69, 9.17) is 5.73 Å². The molecule has 2 N–H and O–H groups in total. The fraction of sp³-hybridized carbons (Fsp3) is 1.00. The fourth-order valence-electron chi connectivity index (χ4n) is 2.31. The van der Waals surface area contributed by atoms with Crippen LogP contribution < -0.4 is 5.73 Å². The van der Waals surface area contributed by atoms with Crippen LogP contribution in [0.2, 0.25) is 0 Å². The number of nitrogens with zero attached hydrogens (tertiary/aromatic N) is 1. The van der Waals surface area contributed by atoms with Crippen LogP contribution in [-0.2, 0) is 9.84 Å². The third-order valence-electron chi connectivity index (χ3n) is 4.02. The Kier molecular flexibility index (Phi) is 5.21. The Bertz CT molecular complexity index is 360. The Morgan fingerprint density at radius 2 is 1.89 bits per heavy atom. The largest absolute Gasteiger partial charge is 0.330 e. The van der Waals surface area contributed by atoms with Crippen molar-refractivity contribution in [1.29, 1.82) is 0 Å². The highest BCUT2D eigenvalue weighted by Crippen LogP contribution is 2.22. The maximum Gasteiger partial charge on any atom is 0.156 e. The summed E-state index contributed by atoms with van der Waals surface area (Å²) in [5.74, 6) is 0.775. The maximum atomic E-state index is 12.1. The van der Waals surface area contributed by atoms with Crippen LogP contribution in [0.4, 0.5) is 0 Å². The van der Waals surface area contributed by atoms with Crippen molar-refractivity contribution in [3.05, 3.63) is 0 Å². The first-order valence-corrected chi connectivity index (χ1v) is 8.49. The highest BCUT2D eigenvalue weighted by atomic mass is 32.2. The van der Waals surface area contributed by atoms with E-state index in [9.17, 15) is 8.42 Å². The smallest absolute Gasteiger partial charge is 0.156 e. The summed E-state index contributed by atoms with van der Waals surface area (Å²) in [6.07, 6.45) is 2.29. The van der Waals surface area contributed by atoms with Gasteiger partial charge in [-0.3, -0.25) is 4.90 Å². The van der Waals surface area contributed by atoms with Gasteiger partial charge in [-0.2, -0.15) is 0 Å². The molecule has 0 radical (unpaired) electrons. The van der Waals surface area contributed by atoms with Crippen LogP contribution in [-0.4, -0.2) is 49.5 Å². The van der Waals surface area contributed by atoms with E-state index in [0.29, 0.717) is 25.0 Å². The zero-order valence-electron chi connectivity index (χ0n) is 12.1. The van der Waals surface area contributed by atoms with Crippen molar-refractivity contribution in [3.8, 4) is 0 Å². The van der Waals surface area contributed by atoms with Crippen molar-refractivity contribution in [2.75, 3.05) is 25.4 Å². The standard InChI is InChI=1S/C13H28N2O2S/c1-11-5-6-12(9-14)10-15(11)7-8-18(16,17)13(2,3)4/h11-12H,5-10,14H2,1-4H3. The van der Waals surface area contributed by atoms with Crippen molar-refractivity contribution in [2.45, 2.75) is 51.3 Å². The molecule has 1 aliphatic rings. The monoisotopic (exact) mass is 276 g/mol. The molecule has 0 bridgehead atoms. The molecule has 0 aromatic carbocycles. The number of sulfone groups is 1. The summed E-state index contributed by atoms with van der Waals surface area (Å²) in [5.41, 5.74) is 5.72. The van der Waals surface area contributed by atoms with Gasteiger partial charge in [0.25, 0.3) is 0 Å². The van der Waals surface area contributed by atoms with Crippen molar-refractivity contribution >= 4 is 9.84 Å². The first-order valence-electron chi connectivity index (χ1n) is 6.84. The maximum absolute atomic E-state index is 12.1. The Balaban J connectivity index is 2.57. The molecule has 4 nitrogen and oxygen atoms in total. The second-order valence-corrected chi connectivity index (χ2v) is 9.32. The molecule has 1 saturated heterocycles. The van der Waals surface area contributed by atoms with E-state index < -0.39 is 14.6 Å². The molecule has 5 heteroatoms. The summed E-state index contributed by atoms with van der Waals surface area (Å²) in [5, 5.41) is 0. The van der Waals surface area contributed by atoms with Gasteiger partial charge in [-0.1, -0.05) is 0 Å². The minimum absolute atomic E-state index is 0.248. The molecule has 0 aliphatic carbocycles. The van der Waals surface area contributed by atoms with Crippen molar-refractivity contribution < 1.29 is 8.42 Å². The van der Waals surface area contributed by atoms with Gasteiger partial charge in [0.1, 0.15) is 0 Å². The van der Waals surface area contributed by atoms with Gasteiger partial charge in [-0.15, -0.1) is 0 Å². The highest BCUT2D eigenvalue weighted by molar-refractivity contribution is 7.92. The molecule has 0 aromatic rings. The average molecular weight is 276 g/mol. The molecule has 0 saturated carbocycles. The summed E-state index contributed by atoms with van der Waals surface area (Å²) in [4.78, 5) is 2.28. The lowest BCUT2D eigenvalue weighted by atomic mass is 9.94. The molecule has 1 heterocycles. The minimum Gasteiger partial charge on any atom is -0.330 e. The van der Waals surface area contributed by atoms with Crippen molar-refractivity contribution in [3.63, 3.8) is 0 Å². The number of hydrogen-bond acceptors (Lipinski definition) is 4. The van der Waals surface area contributed by atoms with E-state index in [1.54, 1.807) is 20.8 Å². The predicted molar refractivity (Wildman–Crippen MR) is 76.4 cm³/mol. The highest BCUT2D eigenvalue weighted by Gasteiger charge is 2.31. The van der Waals surface area contributed by atoms with Crippen LogP contribution in [0.5, 0.6) is 0 Å². The van der Waals surface area contributed by atoms with Gasteiger partial charge in [0.2, 0.25) is 0 Å². The second-order valence-electron chi connectivity index (χ2n) is 6.45. The van der Waals surface area contributed by atoms with Crippen LogP contribution in [0.25, 0.3) is 0 Å². The average Bonchev–Trinajstić information content (AvgIpc) is 2.26. The van der Waals surface area contributed by atoms with Crippen LogP contribution in [0.1, 0.15) is 40.5 Å². The molecule has 18 heavy (non-hydrogen) atoms. The van der Waals surface area contributed by atoms with Crippen LogP contribution in [0.3, 0.4) is 0 Å². The molecule has 2 unspecified atom stereocenters. The van der Waals surface area contributed by atoms with E-state index in [2.05, 4.69) is 11.8 Å². The second kappa shape index (κ2) is 5.88. The number of piperidine rings is 1. The normalized spacial score (nSPS) is 27.4. The molecule has 0 aromatic heterocycles. The molecule has 108 valence electrons.